The van der Waals surface area contributed by atoms with Gasteiger partial charge in [0.15, 0.2) is 0 Å². The molecule has 1 heterocycles. The predicted molar refractivity (Wildman–Crippen MR) is 127 cm³/mol. The molecule has 0 saturated heterocycles. The van der Waals surface area contributed by atoms with Crippen LogP contribution in [0.5, 0.6) is 5.75 Å². The first kappa shape index (κ1) is 25.4. The van der Waals surface area contributed by atoms with Crippen molar-refractivity contribution in [1.82, 2.24) is 10.3 Å². The molecule has 3 aromatic rings. The third kappa shape index (κ3) is 7.11. The Morgan fingerprint density at radius 1 is 1.09 bits per heavy atom. The van der Waals surface area contributed by atoms with E-state index in [4.69, 9.17) is 13.9 Å². The molecule has 7 heteroatoms. The van der Waals surface area contributed by atoms with Gasteiger partial charge in [0.05, 0.1) is 18.9 Å². The van der Waals surface area contributed by atoms with E-state index < -0.39 is 0 Å². The summed E-state index contributed by atoms with van der Waals surface area (Å²) in [5.41, 5.74) is 2.91. The summed E-state index contributed by atoms with van der Waals surface area (Å²) in [7, 11) is 0. The maximum absolute atomic E-state index is 12.1. The Balaban J connectivity index is 0.00000363. The number of nitrogens with zero attached hydrogens (tertiary/aromatic N) is 1. The summed E-state index contributed by atoms with van der Waals surface area (Å²) in [4.78, 5) is 16.7. The van der Waals surface area contributed by atoms with Gasteiger partial charge in [-0.15, -0.1) is 12.4 Å². The van der Waals surface area contributed by atoms with E-state index >= 15 is 0 Å². The Morgan fingerprint density at radius 2 is 1.81 bits per heavy atom. The number of hydrogen-bond donors (Lipinski definition) is 1. The predicted octanol–water partition coefficient (Wildman–Crippen LogP) is 4.78. The molecule has 0 radical (unpaired) electrons. The normalized spacial score (nSPS) is 11.5. The molecule has 0 aliphatic carbocycles. The highest BCUT2D eigenvalue weighted by Crippen LogP contribution is 2.22. The van der Waals surface area contributed by atoms with Crippen molar-refractivity contribution in [3.63, 3.8) is 0 Å². The van der Waals surface area contributed by atoms with Crippen LogP contribution in [0.15, 0.2) is 59.0 Å². The van der Waals surface area contributed by atoms with Gasteiger partial charge in [0, 0.05) is 12.0 Å². The van der Waals surface area contributed by atoms with Gasteiger partial charge in [-0.3, -0.25) is 4.79 Å². The number of aryl methyl sites for hydroxylation is 1. The van der Waals surface area contributed by atoms with Crippen LogP contribution in [-0.4, -0.2) is 36.8 Å². The van der Waals surface area contributed by atoms with Gasteiger partial charge in [-0.2, -0.15) is 0 Å². The monoisotopic (exact) mass is 458 g/mol. The molecule has 1 aromatic heterocycles. The van der Waals surface area contributed by atoms with Gasteiger partial charge in [0.2, 0.25) is 5.89 Å². The van der Waals surface area contributed by atoms with E-state index in [0.717, 1.165) is 28.3 Å². The third-order valence-electron chi connectivity index (χ3n) is 4.91. The Morgan fingerprint density at radius 3 is 2.47 bits per heavy atom. The van der Waals surface area contributed by atoms with Gasteiger partial charge in [-0.25, -0.2) is 4.98 Å². The quantitative estimate of drug-likeness (QED) is 0.417. The molecule has 0 amide bonds. The summed E-state index contributed by atoms with van der Waals surface area (Å²) in [6, 6.07) is 17.3. The summed E-state index contributed by atoms with van der Waals surface area (Å²) in [6.07, 6.45) is 1.24. The van der Waals surface area contributed by atoms with E-state index in [-0.39, 0.29) is 24.4 Å². The summed E-state index contributed by atoms with van der Waals surface area (Å²) in [6.45, 7) is 7.31. The van der Waals surface area contributed by atoms with Crippen LogP contribution in [0.3, 0.4) is 0 Å². The van der Waals surface area contributed by atoms with Crippen molar-refractivity contribution in [3.05, 3.63) is 71.6 Å². The molecular formula is C25H31ClN2O4. The molecule has 32 heavy (non-hydrogen) atoms. The van der Waals surface area contributed by atoms with E-state index in [1.807, 2.05) is 75.4 Å². The van der Waals surface area contributed by atoms with Crippen molar-refractivity contribution < 1.29 is 18.7 Å². The van der Waals surface area contributed by atoms with E-state index in [0.29, 0.717) is 38.5 Å². The number of benzene rings is 2. The molecule has 0 aliphatic heterocycles. The van der Waals surface area contributed by atoms with Crippen LogP contribution in [0.4, 0.5) is 0 Å². The van der Waals surface area contributed by atoms with Gasteiger partial charge in [0.25, 0.3) is 0 Å². The van der Waals surface area contributed by atoms with E-state index in [9.17, 15) is 4.79 Å². The number of carbonyl (C=O) groups is 1. The fourth-order valence-electron chi connectivity index (χ4n) is 3.32. The third-order valence-corrected chi connectivity index (χ3v) is 4.91. The number of oxazole rings is 1. The molecule has 0 bridgehead atoms. The number of carbonyl (C=O) groups excluding carboxylic acids is 1. The number of likely N-dealkylation sites (N-methyl/N-ethyl adjacent to an activating group) is 1. The second-order valence-electron chi connectivity index (χ2n) is 7.20. The zero-order valence-corrected chi connectivity index (χ0v) is 19.6. The molecule has 3 rings (SSSR count). The number of halogens is 1. The molecule has 0 unspecified atom stereocenters. The molecule has 172 valence electrons. The minimum absolute atomic E-state index is 0. The second-order valence-corrected chi connectivity index (χ2v) is 7.20. The lowest BCUT2D eigenvalue weighted by atomic mass is 10.1. The molecule has 0 fully saturated rings. The average molecular weight is 459 g/mol. The number of nitrogens with one attached hydrogen (secondary N) is 1. The minimum atomic E-state index is -0.342. The summed E-state index contributed by atoms with van der Waals surface area (Å²) in [5.74, 6) is 2.01. The summed E-state index contributed by atoms with van der Waals surface area (Å²) >= 11 is 0. The number of hydrogen-bond acceptors (Lipinski definition) is 6. The van der Waals surface area contributed by atoms with Crippen molar-refractivity contribution in [2.45, 2.75) is 39.7 Å². The lowest BCUT2D eigenvalue weighted by Gasteiger charge is -2.16. The van der Waals surface area contributed by atoms with Gasteiger partial charge in [-0.05, 0) is 56.6 Å². The van der Waals surface area contributed by atoms with Crippen molar-refractivity contribution in [2.75, 3.05) is 19.8 Å². The van der Waals surface area contributed by atoms with Crippen molar-refractivity contribution in [1.29, 1.82) is 0 Å². The maximum atomic E-state index is 12.1. The molecule has 1 atom stereocenters. The maximum Gasteiger partial charge on any atom is 0.323 e. The number of rotatable bonds is 11. The van der Waals surface area contributed by atoms with Gasteiger partial charge in [-0.1, -0.05) is 37.3 Å². The Kier molecular flexibility index (Phi) is 10.2. The topological polar surface area (TPSA) is 73.6 Å². The first-order chi connectivity index (χ1) is 15.1. The first-order valence-electron chi connectivity index (χ1n) is 10.7. The van der Waals surface area contributed by atoms with Crippen LogP contribution >= 0.6 is 12.4 Å². The van der Waals surface area contributed by atoms with Crippen LogP contribution in [0.1, 0.15) is 30.9 Å². The fourth-order valence-corrected chi connectivity index (χ4v) is 3.32. The minimum Gasteiger partial charge on any atom is -0.493 e. The zero-order chi connectivity index (χ0) is 22.1. The second kappa shape index (κ2) is 12.9. The van der Waals surface area contributed by atoms with Crippen LogP contribution in [0, 0.1) is 6.92 Å². The Bertz CT molecular complexity index is 958. The largest absolute Gasteiger partial charge is 0.493 e. The van der Waals surface area contributed by atoms with E-state index in [2.05, 4.69) is 10.3 Å². The number of esters is 1. The average Bonchev–Trinajstić information content (AvgIpc) is 3.16. The van der Waals surface area contributed by atoms with Gasteiger partial charge in [0.1, 0.15) is 17.6 Å². The molecule has 0 saturated carbocycles. The first-order valence-corrected chi connectivity index (χ1v) is 10.7. The molecule has 6 nitrogen and oxygen atoms in total. The standard InChI is InChI=1S/C25H30N2O4.ClH/c1-4-26-23(25(28)29-5-2)17-19-11-13-21(14-12-19)30-16-15-22-18(3)31-24(27-22)20-9-7-6-8-10-20;/h6-14,23,26H,4-5,15-17H2,1-3H3;1H/t23-;/m0./s1. The Hall–Kier alpha value is -2.83. The van der Waals surface area contributed by atoms with Gasteiger partial charge < -0.3 is 19.2 Å². The highest BCUT2D eigenvalue weighted by atomic mass is 35.5. The van der Waals surface area contributed by atoms with Crippen LogP contribution in [0.25, 0.3) is 11.5 Å². The molecule has 1 N–H and O–H groups in total. The molecule has 0 spiro atoms. The molecular weight excluding hydrogens is 428 g/mol. The molecule has 0 aliphatic rings. The zero-order valence-electron chi connectivity index (χ0n) is 18.8. The summed E-state index contributed by atoms with van der Waals surface area (Å²) in [5, 5.41) is 3.18. The highest BCUT2D eigenvalue weighted by Gasteiger charge is 2.19. The van der Waals surface area contributed by atoms with Crippen LogP contribution in [-0.2, 0) is 22.4 Å². The summed E-state index contributed by atoms with van der Waals surface area (Å²) < 4.78 is 16.8. The smallest absolute Gasteiger partial charge is 0.323 e. The number of aromatic nitrogens is 1. The fraction of sp³-hybridized carbons (Fsp3) is 0.360. The van der Waals surface area contributed by atoms with Gasteiger partial charge >= 0.3 is 5.97 Å². The lowest BCUT2D eigenvalue weighted by molar-refractivity contribution is -0.145. The van der Waals surface area contributed by atoms with Crippen LogP contribution in [0.2, 0.25) is 0 Å². The van der Waals surface area contributed by atoms with Crippen molar-refractivity contribution in [2.24, 2.45) is 0 Å². The van der Waals surface area contributed by atoms with Crippen molar-refractivity contribution >= 4 is 18.4 Å². The number of ether oxygens (including phenoxy) is 2. The SMILES string of the molecule is CCN[C@@H](Cc1ccc(OCCc2nc(-c3ccccc3)oc2C)cc1)C(=O)OCC.Cl. The van der Waals surface area contributed by atoms with Crippen LogP contribution < -0.4 is 10.1 Å². The Labute approximate surface area is 195 Å². The van der Waals surface area contributed by atoms with E-state index in [1.165, 1.54) is 0 Å². The lowest BCUT2D eigenvalue weighted by Crippen LogP contribution is -2.39. The molecule has 2 aromatic carbocycles. The van der Waals surface area contributed by atoms with E-state index in [1.54, 1.807) is 0 Å². The highest BCUT2D eigenvalue weighted by molar-refractivity contribution is 5.85. The van der Waals surface area contributed by atoms with Crippen molar-refractivity contribution in [3.8, 4) is 17.2 Å².